The molecule has 1 nitrogen and oxygen atoms in total. The number of methoxy groups -OCH3 is 1. The minimum Gasteiger partial charge on any atom is -0.384 e. The third-order valence-electron chi connectivity index (χ3n) is 1.78. The zero-order chi connectivity index (χ0) is 7.98. The van der Waals surface area contributed by atoms with Crippen molar-refractivity contribution in [2.75, 3.05) is 13.7 Å². The van der Waals surface area contributed by atoms with E-state index in [0.29, 0.717) is 0 Å². The first-order chi connectivity index (χ1) is 4.70. The van der Waals surface area contributed by atoms with Crippen molar-refractivity contribution in [3.8, 4) is 0 Å². The summed E-state index contributed by atoms with van der Waals surface area (Å²) >= 11 is 0. The fourth-order valence-corrected chi connectivity index (χ4v) is 1.25. The first-order valence-electron chi connectivity index (χ1n) is 4.19. The number of hydrogen-bond acceptors (Lipinski definition) is 1. The van der Waals surface area contributed by atoms with E-state index in [9.17, 15) is 0 Å². The molecular weight excluding hydrogens is 124 g/mol. The molecule has 1 heteroatoms. The van der Waals surface area contributed by atoms with Crippen molar-refractivity contribution >= 4 is 0 Å². The average Bonchev–Trinajstić information content (AvgIpc) is 1.86. The van der Waals surface area contributed by atoms with E-state index in [2.05, 4.69) is 20.8 Å². The van der Waals surface area contributed by atoms with E-state index in [1.54, 1.807) is 7.11 Å². The summed E-state index contributed by atoms with van der Waals surface area (Å²) in [6.45, 7) is 7.68. The Morgan fingerprint density at radius 3 is 2.20 bits per heavy atom. The second-order valence-electron chi connectivity index (χ2n) is 3.36. The Labute approximate surface area is 64.8 Å². The van der Waals surface area contributed by atoms with Crippen LogP contribution in [0, 0.1) is 11.8 Å². The van der Waals surface area contributed by atoms with Crippen LogP contribution in [0.15, 0.2) is 0 Å². The predicted octanol–water partition coefficient (Wildman–Crippen LogP) is 2.71. The molecule has 0 unspecified atom stereocenters. The van der Waals surface area contributed by atoms with Crippen molar-refractivity contribution in [1.29, 1.82) is 0 Å². The fourth-order valence-electron chi connectivity index (χ4n) is 1.25. The van der Waals surface area contributed by atoms with Gasteiger partial charge in [-0.15, -0.1) is 0 Å². The normalized spacial score (nSPS) is 14.1. The van der Waals surface area contributed by atoms with Gasteiger partial charge in [-0.05, 0) is 18.3 Å². The Balaban J connectivity index is 3.39. The molecule has 0 radical (unpaired) electrons. The topological polar surface area (TPSA) is 9.23 Å². The SMILES string of the molecule is CC[C@H](COC)CC(C)C. The molecule has 0 fully saturated rings. The molecule has 0 bridgehead atoms. The maximum Gasteiger partial charge on any atom is 0.0490 e. The fraction of sp³-hybridized carbons (Fsp3) is 1.00. The smallest absolute Gasteiger partial charge is 0.0490 e. The van der Waals surface area contributed by atoms with Gasteiger partial charge in [-0.1, -0.05) is 27.2 Å². The molecule has 0 saturated carbocycles. The number of ether oxygens (including phenoxy) is 1. The summed E-state index contributed by atoms with van der Waals surface area (Å²) in [5.41, 5.74) is 0. The Hall–Kier alpha value is -0.0400. The van der Waals surface area contributed by atoms with Crippen LogP contribution in [0.4, 0.5) is 0 Å². The molecule has 0 N–H and O–H groups in total. The molecule has 62 valence electrons. The van der Waals surface area contributed by atoms with Crippen LogP contribution < -0.4 is 0 Å². The van der Waals surface area contributed by atoms with Crippen LogP contribution in [0.2, 0.25) is 0 Å². The molecule has 0 aliphatic carbocycles. The highest BCUT2D eigenvalue weighted by Crippen LogP contribution is 2.14. The van der Waals surface area contributed by atoms with Crippen molar-refractivity contribution in [2.45, 2.75) is 33.6 Å². The zero-order valence-corrected chi connectivity index (χ0v) is 7.68. The maximum atomic E-state index is 5.10. The Morgan fingerprint density at radius 2 is 1.90 bits per heavy atom. The van der Waals surface area contributed by atoms with Crippen molar-refractivity contribution in [3.05, 3.63) is 0 Å². The second kappa shape index (κ2) is 5.72. The van der Waals surface area contributed by atoms with Crippen LogP contribution >= 0.6 is 0 Å². The van der Waals surface area contributed by atoms with Crippen LogP contribution in [-0.4, -0.2) is 13.7 Å². The van der Waals surface area contributed by atoms with Crippen molar-refractivity contribution in [3.63, 3.8) is 0 Å². The van der Waals surface area contributed by atoms with Crippen molar-refractivity contribution < 1.29 is 4.74 Å². The van der Waals surface area contributed by atoms with Gasteiger partial charge in [0.05, 0.1) is 0 Å². The lowest BCUT2D eigenvalue weighted by atomic mass is 9.96. The van der Waals surface area contributed by atoms with E-state index in [1.165, 1.54) is 12.8 Å². The van der Waals surface area contributed by atoms with Crippen LogP contribution in [-0.2, 0) is 4.74 Å². The monoisotopic (exact) mass is 144 g/mol. The van der Waals surface area contributed by atoms with Gasteiger partial charge in [0, 0.05) is 13.7 Å². The predicted molar refractivity (Wildman–Crippen MR) is 45.1 cm³/mol. The molecule has 0 rings (SSSR count). The summed E-state index contributed by atoms with van der Waals surface area (Å²) in [4.78, 5) is 0. The van der Waals surface area contributed by atoms with E-state index in [-0.39, 0.29) is 0 Å². The quantitative estimate of drug-likeness (QED) is 0.576. The molecule has 0 heterocycles. The lowest BCUT2D eigenvalue weighted by Gasteiger charge is -2.15. The van der Waals surface area contributed by atoms with Gasteiger partial charge in [0.1, 0.15) is 0 Å². The molecular formula is C9H20O. The van der Waals surface area contributed by atoms with Gasteiger partial charge < -0.3 is 4.74 Å². The number of hydrogen-bond donors (Lipinski definition) is 0. The Bertz CT molecular complexity index is 69.1. The molecule has 0 amide bonds. The third-order valence-corrected chi connectivity index (χ3v) is 1.78. The molecule has 0 aromatic carbocycles. The van der Waals surface area contributed by atoms with E-state index >= 15 is 0 Å². The first kappa shape index (κ1) is 9.96. The maximum absolute atomic E-state index is 5.10. The minimum atomic E-state index is 0.769. The highest BCUT2D eigenvalue weighted by molar-refractivity contribution is 4.57. The summed E-state index contributed by atoms with van der Waals surface area (Å²) in [7, 11) is 1.78. The van der Waals surface area contributed by atoms with Gasteiger partial charge in [0.2, 0.25) is 0 Å². The van der Waals surface area contributed by atoms with E-state index in [4.69, 9.17) is 4.74 Å². The standard InChI is InChI=1S/C9H20O/c1-5-9(7-10-4)6-8(2)3/h8-9H,5-7H2,1-4H3/t9-/m0/s1. The molecule has 0 aromatic heterocycles. The van der Waals surface area contributed by atoms with E-state index in [0.717, 1.165) is 18.4 Å². The number of rotatable bonds is 5. The van der Waals surface area contributed by atoms with Gasteiger partial charge in [-0.25, -0.2) is 0 Å². The summed E-state index contributed by atoms with van der Waals surface area (Å²) in [5, 5.41) is 0. The largest absolute Gasteiger partial charge is 0.384 e. The Morgan fingerprint density at radius 1 is 1.30 bits per heavy atom. The Kier molecular flexibility index (Phi) is 5.70. The van der Waals surface area contributed by atoms with E-state index < -0.39 is 0 Å². The van der Waals surface area contributed by atoms with Crippen LogP contribution in [0.3, 0.4) is 0 Å². The third kappa shape index (κ3) is 4.80. The summed E-state index contributed by atoms with van der Waals surface area (Å²) in [5.74, 6) is 1.57. The molecule has 0 saturated heterocycles. The molecule has 0 aliphatic rings. The van der Waals surface area contributed by atoms with Gasteiger partial charge in [-0.2, -0.15) is 0 Å². The van der Waals surface area contributed by atoms with Gasteiger partial charge in [-0.3, -0.25) is 0 Å². The van der Waals surface area contributed by atoms with Crippen LogP contribution in [0.1, 0.15) is 33.6 Å². The molecule has 0 spiro atoms. The molecule has 10 heavy (non-hydrogen) atoms. The van der Waals surface area contributed by atoms with Gasteiger partial charge >= 0.3 is 0 Å². The molecule has 0 aromatic rings. The van der Waals surface area contributed by atoms with Crippen LogP contribution in [0.25, 0.3) is 0 Å². The highest BCUT2D eigenvalue weighted by Gasteiger charge is 2.07. The van der Waals surface area contributed by atoms with Gasteiger partial charge in [0.15, 0.2) is 0 Å². The zero-order valence-electron chi connectivity index (χ0n) is 7.68. The summed E-state index contributed by atoms with van der Waals surface area (Å²) < 4.78 is 5.10. The summed E-state index contributed by atoms with van der Waals surface area (Å²) in [6.07, 6.45) is 2.54. The van der Waals surface area contributed by atoms with Crippen LogP contribution in [0.5, 0.6) is 0 Å². The minimum absolute atomic E-state index is 0.769. The lowest BCUT2D eigenvalue weighted by Crippen LogP contribution is -2.09. The second-order valence-corrected chi connectivity index (χ2v) is 3.36. The first-order valence-corrected chi connectivity index (χ1v) is 4.19. The lowest BCUT2D eigenvalue weighted by molar-refractivity contribution is 0.138. The highest BCUT2D eigenvalue weighted by atomic mass is 16.5. The van der Waals surface area contributed by atoms with Gasteiger partial charge in [0.25, 0.3) is 0 Å². The molecule has 1 atom stereocenters. The average molecular weight is 144 g/mol. The molecule has 0 aliphatic heterocycles. The van der Waals surface area contributed by atoms with E-state index in [1.807, 2.05) is 0 Å². The van der Waals surface area contributed by atoms with Crippen molar-refractivity contribution in [2.24, 2.45) is 11.8 Å². The summed E-state index contributed by atoms with van der Waals surface area (Å²) in [6, 6.07) is 0. The van der Waals surface area contributed by atoms with Crippen molar-refractivity contribution in [1.82, 2.24) is 0 Å².